The van der Waals surface area contributed by atoms with E-state index in [2.05, 4.69) is 63.4 Å². The van der Waals surface area contributed by atoms with Crippen molar-refractivity contribution >= 4 is 11.8 Å². The number of ether oxygens (including phenoxy) is 1. The topological polar surface area (TPSA) is 65.0 Å². The fourth-order valence-corrected chi connectivity index (χ4v) is 3.37. The van der Waals surface area contributed by atoms with Crippen LogP contribution in [0.4, 0.5) is 5.82 Å². The number of aryl methyl sites for hydroxylation is 1. The molecule has 0 aliphatic carbocycles. The molecule has 30 heavy (non-hydrogen) atoms. The van der Waals surface area contributed by atoms with Crippen molar-refractivity contribution in [1.29, 1.82) is 0 Å². The molecule has 2 aromatic rings. The van der Waals surface area contributed by atoms with Crippen molar-refractivity contribution in [1.82, 2.24) is 20.5 Å². The van der Waals surface area contributed by atoms with Crippen molar-refractivity contribution in [2.24, 2.45) is 4.99 Å². The molecule has 0 radical (unpaired) electrons. The van der Waals surface area contributed by atoms with Crippen LogP contribution >= 0.6 is 0 Å². The van der Waals surface area contributed by atoms with Crippen LogP contribution in [0.2, 0.25) is 0 Å². The molecule has 7 nitrogen and oxygen atoms in total. The van der Waals surface area contributed by atoms with Gasteiger partial charge in [-0.25, -0.2) is 4.98 Å². The second kappa shape index (κ2) is 10.8. The minimum Gasteiger partial charge on any atom is -0.489 e. The van der Waals surface area contributed by atoms with Crippen LogP contribution in [0.15, 0.2) is 47.6 Å². The molecule has 0 saturated carbocycles. The summed E-state index contributed by atoms with van der Waals surface area (Å²) in [5, 5.41) is 6.73. The van der Waals surface area contributed by atoms with Gasteiger partial charge in [0.25, 0.3) is 0 Å². The highest BCUT2D eigenvalue weighted by Gasteiger charge is 2.15. The molecular formula is C23H34N6O. The third kappa shape index (κ3) is 6.35. The highest BCUT2D eigenvalue weighted by Crippen LogP contribution is 2.17. The maximum Gasteiger partial charge on any atom is 0.191 e. The van der Waals surface area contributed by atoms with Crippen molar-refractivity contribution in [2.45, 2.75) is 26.5 Å². The van der Waals surface area contributed by atoms with E-state index in [4.69, 9.17) is 4.74 Å². The Kier molecular flexibility index (Phi) is 7.90. The molecule has 1 aliphatic heterocycles. The zero-order chi connectivity index (χ0) is 21.3. The number of pyridine rings is 1. The first kappa shape index (κ1) is 21.9. The number of benzene rings is 1. The quantitative estimate of drug-likeness (QED) is 0.539. The Bertz CT molecular complexity index is 832. The van der Waals surface area contributed by atoms with E-state index in [0.717, 1.165) is 49.3 Å². The van der Waals surface area contributed by atoms with Gasteiger partial charge in [0.05, 0.1) is 6.54 Å². The molecule has 1 atom stereocenters. The Hall–Kier alpha value is -2.80. The first-order valence-corrected chi connectivity index (χ1v) is 10.6. The highest BCUT2D eigenvalue weighted by atomic mass is 16.5. The van der Waals surface area contributed by atoms with Gasteiger partial charge in [-0.05, 0) is 50.2 Å². The highest BCUT2D eigenvalue weighted by molar-refractivity contribution is 5.79. The number of nitrogens with one attached hydrogen (secondary N) is 2. The molecule has 1 aromatic heterocycles. The summed E-state index contributed by atoms with van der Waals surface area (Å²) in [6.07, 6.45) is 1.91. The first-order valence-electron chi connectivity index (χ1n) is 10.6. The number of guanidine groups is 1. The van der Waals surface area contributed by atoms with Crippen molar-refractivity contribution in [3.8, 4) is 5.75 Å². The van der Waals surface area contributed by atoms with Crippen molar-refractivity contribution in [3.63, 3.8) is 0 Å². The van der Waals surface area contributed by atoms with E-state index in [1.54, 1.807) is 7.05 Å². The lowest BCUT2D eigenvalue weighted by molar-refractivity contribution is 0.222. The Morgan fingerprint density at radius 3 is 2.67 bits per heavy atom. The molecule has 2 N–H and O–H groups in total. The fraction of sp³-hybridized carbons (Fsp3) is 0.478. The van der Waals surface area contributed by atoms with Crippen LogP contribution in [0.5, 0.6) is 5.75 Å². The molecule has 0 bridgehead atoms. The Balaban J connectivity index is 1.47. The fourth-order valence-electron chi connectivity index (χ4n) is 3.37. The van der Waals surface area contributed by atoms with Crippen molar-refractivity contribution in [3.05, 3.63) is 53.7 Å². The summed E-state index contributed by atoms with van der Waals surface area (Å²) in [4.78, 5) is 13.6. The van der Waals surface area contributed by atoms with Crippen LogP contribution in [0, 0.1) is 6.92 Å². The predicted molar refractivity (Wildman–Crippen MR) is 123 cm³/mol. The molecule has 3 rings (SSSR count). The summed E-state index contributed by atoms with van der Waals surface area (Å²) in [5.74, 6) is 2.72. The Morgan fingerprint density at radius 1 is 1.17 bits per heavy atom. The molecular weight excluding hydrogens is 376 g/mol. The number of para-hydroxylation sites is 1. The zero-order valence-corrected chi connectivity index (χ0v) is 18.6. The van der Waals surface area contributed by atoms with Crippen molar-refractivity contribution < 1.29 is 4.74 Å². The molecule has 162 valence electrons. The lowest BCUT2D eigenvalue weighted by Crippen LogP contribution is -2.44. The maximum absolute atomic E-state index is 6.03. The molecule has 0 spiro atoms. The molecule has 1 saturated heterocycles. The van der Waals surface area contributed by atoms with Gasteiger partial charge in [-0.3, -0.25) is 4.99 Å². The van der Waals surface area contributed by atoms with Gasteiger partial charge >= 0.3 is 0 Å². The monoisotopic (exact) mass is 410 g/mol. The molecule has 1 aliphatic rings. The van der Waals surface area contributed by atoms with Gasteiger partial charge in [0.2, 0.25) is 0 Å². The van der Waals surface area contributed by atoms with Crippen LogP contribution in [-0.2, 0) is 6.54 Å². The normalized spacial score (nSPS) is 16.3. The van der Waals surface area contributed by atoms with E-state index in [1.165, 1.54) is 5.56 Å². The van der Waals surface area contributed by atoms with Gasteiger partial charge in [0, 0.05) is 46.0 Å². The summed E-state index contributed by atoms with van der Waals surface area (Å²) in [7, 11) is 3.95. The average molecular weight is 411 g/mol. The molecule has 1 aromatic carbocycles. The smallest absolute Gasteiger partial charge is 0.191 e. The number of nitrogens with zero attached hydrogens (tertiary/aromatic N) is 4. The second-order valence-electron chi connectivity index (χ2n) is 7.81. The minimum absolute atomic E-state index is 0.0226. The number of aliphatic imine (C=N–C) groups is 1. The summed E-state index contributed by atoms with van der Waals surface area (Å²) < 4.78 is 6.03. The van der Waals surface area contributed by atoms with E-state index in [0.29, 0.717) is 13.1 Å². The molecule has 2 heterocycles. The molecule has 0 amide bonds. The van der Waals surface area contributed by atoms with E-state index in [9.17, 15) is 0 Å². The van der Waals surface area contributed by atoms with E-state index in [1.807, 2.05) is 30.5 Å². The van der Waals surface area contributed by atoms with E-state index < -0.39 is 0 Å². The number of likely N-dealkylation sites (N-methyl/N-ethyl adjacent to an activating group) is 1. The number of aromatic nitrogens is 1. The number of anilines is 1. The summed E-state index contributed by atoms with van der Waals surface area (Å²) in [5.41, 5.74) is 2.33. The second-order valence-corrected chi connectivity index (χ2v) is 7.81. The van der Waals surface area contributed by atoms with Gasteiger partial charge in [0.15, 0.2) is 5.96 Å². The number of hydrogen-bond donors (Lipinski definition) is 2. The summed E-state index contributed by atoms with van der Waals surface area (Å²) in [6.45, 7) is 9.64. The summed E-state index contributed by atoms with van der Waals surface area (Å²) in [6, 6.07) is 12.3. The maximum atomic E-state index is 6.03. The summed E-state index contributed by atoms with van der Waals surface area (Å²) >= 11 is 0. The predicted octanol–water partition coefficient (Wildman–Crippen LogP) is 2.27. The first-order chi connectivity index (χ1) is 14.5. The van der Waals surface area contributed by atoms with Crippen molar-refractivity contribution in [2.75, 3.05) is 51.7 Å². The van der Waals surface area contributed by atoms with E-state index >= 15 is 0 Å². The van der Waals surface area contributed by atoms with Gasteiger partial charge in [0.1, 0.15) is 17.7 Å². The van der Waals surface area contributed by atoms with Crippen LogP contribution < -0.4 is 20.3 Å². The third-order valence-corrected chi connectivity index (χ3v) is 5.30. The number of piperazine rings is 1. The molecule has 7 heteroatoms. The Labute approximate surface area is 180 Å². The average Bonchev–Trinajstić information content (AvgIpc) is 2.76. The van der Waals surface area contributed by atoms with Crippen LogP contribution in [0.1, 0.15) is 18.1 Å². The molecule has 1 unspecified atom stereocenters. The van der Waals surface area contributed by atoms with Crippen LogP contribution in [0.3, 0.4) is 0 Å². The van der Waals surface area contributed by atoms with Gasteiger partial charge in [-0.2, -0.15) is 0 Å². The largest absolute Gasteiger partial charge is 0.489 e. The van der Waals surface area contributed by atoms with Gasteiger partial charge in [-0.1, -0.05) is 18.2 Å². The third-order valence-electron chi connectivity index (χ3n) is 5.30. The lowest BCUT2D eigenvalue weighted by atomic mass is 10.2. The van der Waals surface area contributed by atoms with E-state index in [-0.39, 0.29) is 6.10 Å². The molecule has 1 fully saturated rings. The number of rotatable bonds is 7. The SMILES string of the molecule is CN=C(NCc1ccnc(N2CCN(C)CC2)c1)NCC(C)Oc1ccccc1C. The minimum atomic E-state index is 0.0226. The van der Waals surface area contributed by atoms with Gasteiger partial charge < -0.3 is 25.2 Å². The van der Waals surface area contributed by atoms with Crippen LogP contribution in [-0.4, -0.2) is 68.8 Å². The zero-order valence-electron chi connectivity index (χ0n) is 18.6. The number of hydrogen-bond acceptors (Lipinski definition) is 5. The van der Waals surface area contributed by atoms with Crippen LogP contribution in [0.25, 0.3) is 0 Å². The lowest BCUT2D eigenvalue weighted by Gasteiger charge is -2.33. The Morgan fingerprint density at radius 2 is 1.93 bits per heavy atom. The van der Waals surface area contributed by atoms with Gasteiger partial charge in [-0.15, -0.1) is 0 Å². The standard InChI is InChI=1S/C23H34N6O/c1-18-7-5-6-8-21(18)30-19(2)16-26-23(24-3)27-17-20-9-10-25-22(15-20)29-13-11-28(4)12-14-29/h5-10,15,19H,11-14,16-17H2,1-4H3,(H2,24,26,27).